The van der Waals surface area contributed by atoms with Gasteiger partial charge in [-0.05, 0) is 18.2 Å². The summed E-state index contributed by atoms with van der Waals surface area (Å²) in [6.07, 6.45) is 0. The Morgan fingerprint density at radius 3 is 2.57 bits per heavy atom. The topological polar surface area (TPSA) is 0 Å². The lowest BCUT2D eigenvalue weighted by molar-refractivity contribution is 1.62. The van der Waals surface area contributed by atoms with Gasteiger partial charge in [0.15, 0.2) is 0 Å². The fourth-order valence-corrected chi connectivity index (χ4v) is 0.597. The zero-order valence-electron chi connectivity index (χ0n) is 3.61. The van der Waals surface area contributed by atoms with Gasteiger partial charge >= 0.3 is 0 Å². The van der Waals surface area contributed by atoms with Crippen LogP contribution >= 0.6 is 15.9 Å². The van der Waals surface area contributed by atoms with Crippen LogP contribution in [0.4, 0.5) is 0 Å². The zero-order valence-corrected chi connectivity index (χ0v) is 5.20. The molecule has 34 valence electrons. The minimum absolute atomic E-state index is 0.954. The fraction of sp³-hybridized carbons (Fsp3) is 0. The van der Waals surface area contributed by atoms with Crippen LogP contribution in [-0.2, 0) is 0 Å². The van der Waals surface area contributed by atoms with Crippen molar-refractivity contribution >= 4 is 15.9 Å². The predicted octanol–water partition coefficient (Wildman–Crippen LogP) is 2.05. The molecule has 1 aromatic carbocycles. The summed E-state index contributed by atoms with van der Waals surface area (Å²) < 4.78 is 0.954. The number of hydrogen-bond donors (Lipinski definition) is 0. The molecule has 0 aliphatic rings. The molecule has 0 bridgehead atoms. The van der Waals surface area contributed by atoms with Crippen LogP contribution < -0.4 is 0 Å². The maximum atomic E-state index is 3.22. The second-order valence-electron chi connectivity index (χ2n) is 1.14. The van der Waals surface area contributed by atoms with Crippen LogP contribution in [0.1, 0.15) is 0 Å². The van der Waals surface area contributed by atoms with Crippen LogP contribution in [0.3, 0.4) is 0 Å². The van der Waals surface area contributed by atoms with E-state index in [0.29, 0.717) is 0 Å². The van der Waals surface area contributed by atoms with Gasteiger partial charge in [0, 0.05) is 4.47 Å². The number of benzene rings is 1. The first-order valence-corrected chi connectivity index (χ1v) is 2.72. The summed E-state index contributed by atoms with van der Waals surface area (Å²) in [4.78, 5) is 0. The summed E-state index contributed by atoms with van der Waals surface area (Å²) in [5.74, 6) is 0. The highest BCUT2D eigenvalue weighted by atomic mass is 79.9. The molecule has 2 radical (unpaired) electrons. The third kappa shape index (κ3) is 1.32. The van der Waals surface area contributed by atoms with E-state index in [-0.39, 0.29) is 0 Å². The molecule has 1 heteroatoms. The van der Waals surface area contributed by atoms with Crippen molar-refractivity contribution in [1.82, 2.24) is 0 Å². The SMILES string of the molecule is Brc1[c]cc[c]c1. The molecule has 0 aliphatic carbocycles. The predicted molar refractivity (Wildman–Crippen MR) is 31.8 cm³/mol. The molecule has 0 heterocycles. The molecule has 0 N–H and O–H groups in total. The average Bonchev–Trinajstić information content (AvgIpc) is 1.69. The highest BCUT2D eigenvalue weighted by Gasteiger charge is 1.76. The van der Waals surface area contributed by atoms with Gasteiger partial charge in [-0.2, -0.15) is 0 Å². The van der Waals surface area contributed by atoms with Gasteiger partial charge in [0.2, 0.25) is 0 Å². The Hall–Kier alpha value is -0.300. The Labute approximate surface area is 51.3 Å². The number of hydrogen-bond acceptors (Lipinski definition) is 0. The second kappa shape index (κ2) is 2.12. The lowest BCUT2D eigenvalue weighted by Crippen LogP contribution is -1.58. The first kappa shape index (κ1) is 4.85. The average molecular weight is 155 g/mol. The smallest absolute Gasteiger partial charge is 0.0260 e. The Morgan fingerprint density at radius 1 is 1.43 bits per heavy atom. The van der Waals surface area contributed by atoms with Crippen molar-refractivity contribution in [1.29, 1.82) is 0 Å². The standard InChI is InChI=1S/C6H3Br/c7-6-4-2-1-3-5-6/h1-2,5H. The third-order valence-electron chi connectivity index (χ3n) is 0.611. The molecule has 0 aromatic heterocycles. The molecule has 0 saturated heterocycles. The summed E-state index contributed by atoms with van der Waals surface area (Å²) in [5, 5.41) is 0. The Morgan fingerprint density at radius 2 is 2.29 bits per heavy atom. The molecule has 0 unspecified atom stereocenters. The van der Waals surface area contributed by atoms with Crippen molar-refractivity contribution in [2.24, 2.45) is 0 Å². The van der Waals surface area contributed by atoms with E-state index >= 15 is 0 Å². The van der Waals surface area contributed by atoms with Crippen LogP contribution in [0.25, 0.3) is 0 Å². The van der Waals surface area contributed by atoms with Crippen LogP contribution in [0.5, 0.6) is 0 Å². The van der Waals surface area contributed by atoms with Gasteiger partial charge < -0.3 is 0 Å². The Balaban J connectivity index is 3.02. The lowest BCUT2D eigenvalue weighted by atomic mass is 10.4. The van der Waals surface area contributed by atoms with Crippen LogP contribution in [0.2, 0.25) is 0 Å². The van der Waals surface area contributed by atoms with Crippen molar-refractivity contribution in [3.8, 4) is 0 Å². The van der Waals surface area contributed by atoms with Gasteiger partial charge in [-0.1, -0.05) is 28.1 Å². The van der Waals surface area contributed by atoms with Crippen molar-refractivity contribution in [2.45, 2.75) is 0 Å². The molecule has 0 atom stereocenters. The molecule has 0 amide bonds. The quantitative estimate of drug-likeness (QED) is 0.537. The normalized spacial score (nSPS) is 8.71. The second-order valence-corrected chi connectivity index (χ2v) is 1.99. The van der Waals surface area contributed by atoms with Gasteiger partial charge in [-0.25, -0.2) is 0 Å². The maximum Gasteiger partial charge on any atom is 0.0260 e. The van der Waals surface area contributed by atoms with Gasteiger partial charge in [0.25, 0.3) is 0 Å². The first-order chi connectivity index (χ1) is 3.39. The number of rotatable bonds is 0. The Kier molecular flexibility index (Phi) is 1.47. The molecule has 1 rings (SSSR count). The van der Waals surface area contributed by atoms with Crippen LogP contribution in [0.15, 0.2) is 22.7 Å². The summed E-state index contributed by atoms with van der Waals surface area (Å²) in [6, 6.07) is 11.2. The van der Waals surface area contributed by atoms with E-state index in [4.69, 9.17) is 0 Å². The summed E-state index contributed by atoms with van der Waals surface area (Å²) in [6.45, 7) is 0. The molecule has 0 aliphatic heterocycles. The van der Waals surface area contributed by atoms with Crippen molar-refractivity contribution in [2.75, 3.05) is 0 Å². The van der Waals surface area contributed by atoms with Crippen LogP contribution in [-0.4, -0.2) is 0 Å². The van der Waals surface area contributed by atoms with E-state index in [1.54, 1.807) is 0 Å². The van der Waals surface area contributed by atoms with E-state index in [0.717, 1.165) is 4.47 Å². The molecule has 7 heavy (non-hydrogen) atoms. The van der Waals surface area contributed by atoms with Crippen molar-refractivity contribution < 1.29 is 0 Å². The first-order valence-electron chi connectivity index (χ1n) is 1.93. The maximum absolute atomic E-state index is 3.22. The van der Waals surface area contributed by atoms with Gasteiger partial charge in [0.1, 0.15) is 0 Å². The van der Waals surface area contributed by atoms with Gasteiger partial charge in [0.05, 0.1) is 0 Å². The lowest BCUT2D eigenvalue weighted by Gasteiger charge is -1.78. The highest BCUT2D eigenvalue weighted by Crippen LogP contribution is 2.03. The molecule has 1 aromatic rings. The highest BCUT2D eigenvalue weighted by molar-refractivity contribution is 9.10. The third-order valence-corrected chi connectivity index (χ3v) is 1.07. The van der Waals surface area contributed by atoms with Gasteiger partial charge in [-0.3, -0.25) is 0 Å². The summed E-state index contributed by atoms with van der Waals surface area (Å²) in [5.41, 5.74) is 0. The minimum Gasteiger partial charge on any atom is -0.0537 e. The zero-order chi connectivity index (χ0) is 5.11. The monoisotopic (exact) mass is 154 g/mol. The van der Waals surface area contributed by atoms with E-state index in [1.807, 2.05) is 18.2 Å². The summed E-state index contributed by atoms with van der Waals surface area (Å²) in [7, 11) is 0. The minimum atomic E-state index is 0.954. The molecule has 0 fully saturated rings. The largest absolute Gasteiger partial charge is 0.0537 e. The van der Waals surface area contributed by atoms with Crippen molar-refractivity contribution in [3.05, 3.63) is 34.8 Å². The van der Waals surface area contributed by atoms with Crippen molar-refractivity contribution in [3.63, 3.8) is 0 Å². The molecule has 0 nitrogen and oxygen atoms in total. The fourth-order valence-electron chi connectivity index (χ4n) is 0.332. The molecular formula is C6H3Br. The van der Waals surface area contributed by atoms with Crippen LogP contribution in [0, 0.1) is 12.1 Å². The van der Waals surface area contributed by atoms with Gasteiger partial charge in [-0.15, -0.1) is 0 Å². The molecular weight excluding hydrogens is 152 g/mol. The van der Waals surface area contributed by atoms with E-state index in [2.05, 4.69) is 28.1 Å². The summed E-state index contributed by atoms with van der Waals surface area (Å²) >= 11 is 3.22. The van der Waals surface area contributed by atoms with E-state index < -0.39 is 0 Å². The number of halogens is 1. The van der Waals surface area contributed by atoms with E-state index in [9.17, 15) is 0 Å². The van der Waals surface area contributed by atoms with E-state index in [1.165, 1.54) is 0 Å². The Bertz CT molecular complexity index is 134. The molecule has 0 saturated carbocycles. The molecule has 0 spiro atoms.